The summed E-state index contributed by atoms with van der Waals surface area (Å²) in [5, 5.41) is 7.98. The SMILES string of the molecule is COn1nnc(COc2cc(F)ccc2C=O)c1Cc1ccccc1. The fourth-order valence-electron chi connectivity index (χ4n) is 2.41. The Bertz CT molecular complexity index is 865. The summed E-state index contributed by atoms with van der Waals surface area (Å²) in [6.07, 6.45) is 1.16. The molecule has 0 amide bonds. The number of carbonyl (C=O) groups is 1. The van der Waals surface area contributed by atoms with Crippen LogP contribution >= 0.6 is 0 Å². The predicted molar refractivity (Wildman–Crippen MR) is 87.9 cm³/mol. The fourth-order valence-corrected chi connectivity index (χ4v) is 2.41. The third kappa shape index (κ3) is 3.82. The van der Waals surface area contributed by atoms with E-state index in [1.807, 2.05) is 30.3 Å². The van der Waals surface area contributed by atoms with E-state index in [9.17, 15) is 9.18 Å². The van der Waals surface area contributed by atoms with Crippen LogP contribution < -0.4 is 9.57 Å². The van der Waals surface area contributed by atoms with Gasteiger partial charge in [0.2, 0.25) is 0 Å². The topological polar surface area (TPSA) is 66.2 Å². The average Bonchev–Trinajstić information content (AvgIpc) is 3.02. The summed E-state index contributed by atoms with van der Waals surface area (Å²) < 4.78 is 19.0. The lowest BCUT2D eigenvalue weighted by atomic mass is 10.1. The van der Waals surface area contributed by atoms with E-state index in [0.29, 0.717) is 18.4 Å². The van der Waals surface area contributed by atoms with Crippen LogP contribution in [0.1, 0.15) is 27.3 Å². The predicted octanol–water partition coefficient (Wildman–Crippen LogP) is 2.46. The van der Waals surface area contributed by atoms with E-state index in [0.717, 1.165) is 11.3 Å². The van der Waals surface area contributed by atoms with E-state index in [1.165, 1.54) is 30.2 Å². The van der Waals surface area contributed by atoms with E-state index >= 15 is 0 Å². The number of aldehydes is 1. The van der Waals surface area contributed by atoms with E-state index in [1.54, 1.807) is 0 Å². The Balaban J connectivity index is 1.82. The first-order valence-electron chi connectivity index (χ1n) is 7.60. The molecule has 0 atom stereocenters. The van der Waals surface area contributed by atoms with Gasteiger partial charge in [0.15, 0.2) is 6.29 Å². The van der Waals surface area contributed by atoms with Gasteiger partial charge >= 0.3 is 0 Å². The molecule has 3 rings (SSSR count). The minimum Gasteiger partial charge on any atom is -0.486 e. The number of hydrogen-bond donors (Lipinski definition) is 0. The van der Waals surface area contributed by atoms with Gasteiger partial charge in [-0.1, -0.05) is 35.2 Å². The van der Waals surface area contributed by atoms with Crippen molar-refractivity contribution in [2.45, 2.75) is 13.0 Å². The molecule has 6 nitrogen and oxygen atoms in total. The van der Waals surface area contributed by atoms with E-state index in [4.69, 9.17) is 9.57 Å². The van der Waals surface area contributed by atoms with Crippen LogP contribution in [-0.2, 0) is 13.0 Å². The highest BCUT2D eigenvalue weighted by Gasteiger charge is 2.16. The molecule has 0 aliphatic rings. The van der Waals surface area contributed by atoms with Gasteiger partial charge < -0.3 is 9.57 Å². The Morgan fingerprint density at radius 1 is 1.20 bits per heavy atom. The molecule has 1 aromatic heterocycles. The number of ether oxygens (including phenoxy) is 1. The molecule has 0 bridgehead atoms. The molecule has 0 radical (unpaired) electrons. The molecule has 0 spiro atoms. The molecule has 3 aromatic rings. The van der Waals surface area contributed by atoms with Crippen LogP contribution in [0.25, 0.3) is 0 Å². The Labute approximate surface area is 143 Å². The van der Waals surface area contributed by atoms with Crippen LogP contribution in [0.4, 0.5) is 4.39 Å². The number of hydrogen-bond acceptors (Lipinski definition) is 5. The first-order chi connectivity index (χ1) is 12.2. The molecule has 2 aromatic carbocycles. The quantitative estimate of drug-likeness (QED) is 0.618. The molecule has 128 valence electrons. The minimum absolute atomic E-state index is 0.0375. The third-order valence-electron chi connectivity index (χ3n) is 3.66. The molecule has 0 aliphatic carbocycles. The van der Waals surface area contributed by atoms with Crippen molar-refractivity contribution >= 4 is 6.29 Å². The fraction of sp³-hybridized carbons (Fsp3) is 0.167. The Kier molecular flexibility index (Phi) is 5.03. The van der Waals surface area contributed by atoms with Crippen molar-refractivity contribution in [2.75, 3.05) is 7.11 Å². The highest BCUT2D eigenvalue weighted by molar-refractivity contribution is 5.79. The van der Waals surface area contributed by atoms with Gasteiger partial charge in [-0.2, -0.15) is 0 Å². The largest absolute Gasteiger partial charge is 0.486 e. The van der Waals surface area contributed by atoms with Crippen molar-refractivity contribution in [1.82, 2.24) is 15.2 Å². The molecule has 1 heterocycles. The second-order valence-electron chi connectivity index (χ2n) is 5.29. The number of nitrogens with zero attached hydrogens (tertiary/aromatic N) is 3. The van der Waals surface area contributed by atoms with Crippen molar-refractivity contribution in [3.05, 3.63) is 76.9 Å². The van der Waals surface area contributed by atoms with Crippen LogP contribution in [0.5, 0.6) is 5.75 Å². The van der Waals surface area contributed by atoms with Gasteiger partial charge in [0, 0.05) is 12.5 Å². The Hall–Kier alpha value is -3.22. The highest BCUT2D eigenvalue weighted by Crippen LogP contribution is 2.20. The summed E-state index contributed by atoms with van der Waals surface area (Å²) in [4.78, 5) is 17.6. The van der Waals surface area contributed by atoms with Gasteiger partial charge in [0.05, 0.1) is 5.56 Å². The summed E-state index contributed by atoms with van der Waals surface area (Å²) in [5.41, 5.74) is 2.60. The lowest BCUT2D eigenvalue weighted by molar-refractivity contribution is 0.111. The first-order valence-corrected chi connectivity index (χ1v) is 7.60. The van der Waals surface area contributed by atoms with Gasteiger partial charge in [-0.05, 0) is 22.9 Å². The van der Waals surface area contributed by atoms with E-state index < -0.39 is 5.82 Å². The third-order valence-corrected chi connectivity index (χ3v) is 3.66. The maximum atomic E-state index is 13.4. The number of carbonyl (C=O) groups excluding carboxylic acids is 1. The van der Waals surface area contributed by atoms with Crippen molar-refractivity contribution in [3.8, 4) is 5.75 Å². The van der Waals surface area contributed by atoms with Crippen molar-refractivity contribution < 1.29 is 18.8 Å². The van der Waals surface area contributed by atoms with E-state index in [2.05, 4.69) is 10.3 Å². The molecular formula is C18H16FN3O3. The van der Waals surface area contributed by atoms with Gasteiger partial charge in [-0.15, -0.1) is 5.10 Å². The Morgan fingerprint density at radius 2 is 2.00 bits per heavy atom. The van der Waals surface area contributed by atoms with Crippen LogP contribution in [0, 0.1) is 5.82 Å². The van der Waals surface area contributed by atoms with Gasteiger partial charge in [-0.25, -0.2) is 4.39 Å². The standard InChI is InChI=1S/C18H16FN3O3/c1-24-22-17(9-13-5-3-2-4-6-13)16(20-21-22)12-25-18-10-15(19)8-7-14(18)11-23/h2-8,10-11H,9,12H2,1H3. The van der Waals surface area contributed by atoms with Crippen molar-refractivity contribution in [2.24, 2.45) is 0 Å². The summed E-state index contributed by atoms with van der Waals surface area (Å²) in [6, 6.07) is 13.5. The molecule has 0 N–H and O–H groups in total. The lowest BCUT2D eigenvalue weighted by Gasteiger charge is -2.09. The maximum absolute atomic E-state index is 13.4. The summed E-state index contributed by atoms with van der Waals surface area (Å²) in [5.74, 6) is -0.321. The number of halogens is 1. The second kappa shape index (κ2) is 7.57. The van der Waals surface area contributed by atoms with Crippen LogP contribution in [0.3, 0.4) is 0 Å². The number of rotatable bonds is 7. The molecule has 7 heteroatoms. The summed E-state index contributed by atoms with van der Waals surface area (Å²) >= 11 is 0. The Morgan fingerprint density at radius 3 is 2.72 bits per heavy atom. The molecule has 25 heavy (non-hydrogen) atoms. The molecule has 0 unspecified atom stereocenters. The summed E-state index contributed by atoms with van der Waals surface area (Å²) in [7, 11) is 1.49. The molecule has 0 saturated carbocycles. The maximum Gasteiger partial charge on any atom is 0.153 e. The second-order valence-corrected chi connectivity index (χ2v) is 5.29. The van der Waals surface area contributed by atoms with Crippen molar-refractivity contribution in [3.63, 3.8) is 0 Å². The molecule has 0 aliphatic heterocycles. The van der Waals surface area contributed by atoms with E-state index in [-0.39, 0.29) is 17.9 Å². The average molecular weight is 341 g/mol. The van der Waals surface area contributed by atoms with Gasteiger partial charge in [0.25, 0.3) is 0 Å². The molecule has 0 fully saturated rings. The highest BCUT2D eigenvalue weighted by atomic mass is 19.1. The van der Waals surface area contributed by atoms with Gasteiger partial charge in [0.1, 0.15) is 36.7 Å². The number of benzene rings is 2. The van der Waals surface area contributed by atoms with Crippen molar-refractivity contribution in [1.29, 1.82) is 0 Å². The smallest absolute Gasteiger partial charge is 0.153 e. The first kappa shape index (κ1) is 16.6. The van der Waals surface area contributed by atoms with Crippen LogP contribution in [-0.4, -0.2) is 28.6 Å². The minimum atomic E-state index is -0.481. The zero-order valence-electron chi connectivity index (χ0n) is 13.6. The number of aromatic nitrogens is 3. The van der Waals surface area contributed by atoms with Crippen LogP contribution in [0.2, 0.25) is 0 Å². The lowest BCUT2D eigenvalue weighted by Crippen LogP contribution is -2.13. The zero-order valence-corrected chi connectivity index (χ0v) is 13.6. The van der Waals surface area contributed by atoms with Crippen LogP contribution in [0.15, 0.2) is 48.5 Å². The van der Waals surface area contributed by atoms with Gasteiger partial charge in [-0.3, -0.25) is 4.79 Å². The summed E-state index contributed by atoms with van der Waals surface area (Å²) in [6.45, 7) is 0.0375. The monoisotopic (exact) mass is 341 g/mol. The normalized spacial score (nSPS) is 10.5. The zero-order chi connectivity index (χ0) is 17.6. The molecular weight excluding hydrogens is 325 g/mol. The molecule has 0 saturated heterocycles.